The summed E-state index contributed by atoms with van der Waals surface area (Å²) < 4.78 is 0. The number of nitrogens with zero attached hydrogens (tertiary/aromatic N) is 3. The van der Waals surface area contributed by atoms with Crippen molar-refractivity contribution < 1.29 is 4.92 Å². The van der Waals surface area contributed by atoms with E-state index in [0.717, 1.165) is 26.1 Å². The number of likely N-dealkylation sites (tertiary alicyclic amines) is 1. The van der Waals surface area contributed by atoms with Crippen LogP contribution in [0.1, 0.15) is 24.8 Å². The number of rotatable bonds is 5. The van der Waals surface area contributed by atoms with Gasteiger partial charge in [0.15, 0.2) is 0 Å². The van der Waals surface area contributed by atoms with Crippen LogP contribution >= 0.6 is 0 Å². The minimum absolute atomic E-state index is 0.0302. The van der Waals surface area contributed by atoms with Gasteiger partial charge in [-0.15, -0.1) is 0 Å². The maximum absolute atomic E-state index is 11.0. The van der Waals surface area contributed by atoms with E-state index in [1.54, 1.807) is 12.1 Å². The highest BCUT2D eigenvalue weighted by Gasteiger charge is 2.18. The monoisotopic (exact) mass is 288 g/mol. The molecule has 2 rings (SSSR count). The second kappa shape index (κ2) is 7.04. The zero-order valence-electron chi connectivity index (χ0n) is 12.2. The van der Waals surface area contributed by atoms with E-state index in [1.165, 1.54) is 18.9 Å². The van der Waals surface area contributed by atoms with Crippen molar-refractivity contribution in [1.82, 2.24) is 4.90 Å². The van der Waals surface area contributed by atoms with Crippen LogP contribution < -0.4 is 5.32 Å². The molecule has 0 saturated carbocycles. The van der Waals surface area contributed by atoms with Crippen LogP contribution in [0.15, 0.2) is 18.2 Å². The number of nitro benzene ring substituents is 1. The molecule has 0 atom stereocenters. The Kier molecular flexibility index (Phi) is 5.12. The van der Waals surface area contributed by atoms with E-state index in [4.69, 9.17) is 5.26 Å². The molecule has 112 valence electrons. The van der Waals surface area contributed by atoms with Crippen molar-refractivity contribution in [3.63, 3.8) is 0 Å². The number of hydrogen-bond acceptors (Lipinski definition) is 5. The van der Waals surface area contributed by atoms with E-state index in [9.17, 15) is 10.1 Å². The highest BCUT2D eigenvalue weighted by atomic mass is 16.6. The second-order valence-electron chi connectivity index (χ2n) is 5.56. The van der Waals surface area contributed by atoms with E-state index in [0.29, 0.717) is 17.2 Å². The summed E-state index contributed by atoms with van der Waals surface area (Å²) >= 11 is 0. The predicted octanol–water partition coefficient (Wildman–Crippen LogP) is 2.61. The summed E-state index contributed by atoms with van der Waals surface area (Å²) in [6.45, 7) is 2.98. The van der Waals surface area contributed by atoms with Gasteiger partial charge in [0.05, 0.1) is 16.6 Å². The lowest BCUT2D eigenvalue weighted by Gasteiger charge is -2.28. The van der Waals surface area contributed by atoms with Crippen LogP contribution in [0.2, 0.25) is 0 Å². The average Bonchev–Trinajstić information content (AvgIpc) is 2.49. The summed E-state index contributed by atoms with van der Waals surface area (Å²) in [6.07, 6.45) is 3.40. The van der Waals surface area contributed by atoms with Gasteiger partial charge in [-0.2, -0.15) is 5.26 Å². The first-order valence-corrected chi connectivity index (χ1v) is 7.21. The van der Waals surface area contributed by atoms with Crippen molar-refractivity contribution in [2.24, 2.45) is 5.92 Å². The van der Waals surface area contributed by atoms with Gasteiger partial charge < -0.3 is 10.2 Å². The summed E-state index contributed by atoms with van der Waals surface area (Å²) in [5.74, 6) is 0.686. The summed E-state index contributed by atoms with van der Waals surface area (Å²) in [7, 11) is 2.13. The third kappa shape index (κ3) is 4.17. The third-order valence-corrected chi connectivity index (χ3v) is 4.03. The summed E-state index contributed by atoms with van der Waals surface area (Å²) in [4.78, 5) is 12.9. The molecule has 0 radical (unpaired) electrons. The van der Waals surface area contributed by atoms with Crippen molar-refractivity contribution in [3.05, 3.63) is 33.9 Å². The van der Waals surface area contributed by atoms with Crippen LogP contribution in [0.3, 0.4) is 0 Å². The highest BCUT2D eigenvalue weighted by molar-refractivity contribution is 5.63. The fourth-order valence-corrected chi connectivity index (χ4v) is 2.66. The van der Waals surface area contributed by atoms with Crippen LogP contribution in [0.4, 0.5) is 11.4 Å². The molecule has 0 unspecified atom stereocenters. The van der Waals surface area contributed by atoms with Gasteiger partial charge in [0.25, 0.3) is 5.69 Å². The molecule has 1 heterocycles. The molecule has 0 aliphatic carbocycles. The number of piperidine rings is 1. The fraction of sp³-hybridized carbons (Fsp3) is 0.533. The number of nitrogens with one attached hydrogen (secondary N) is 1. The number of nitro groups is 1. The first kappa shape index (κ1) is 15.3. The quantitative estimate of drug-likeness (QED) is 0.665. The molecule has 0 amide bonds. The van der Waals surface area contributed by atoms with Crippen LogP contribution in [0.5, 0.6) is 0 Å². The topological polar surface area (TPSA) is 82.2 Å². The molecule has 1 aliphatic heterocycles. The van der Waals surface area contributed by atoms with E-state index in [1.807, 2.05) is 6.07 Å². The predicted molar refractivity (Wildman–Crippen MR) is 81.1 cm³/mol. The van der Waals surface area contributed by atoms with Gasteiger partial charge in [0, 0.05) is 12.6 Å². The van der Waals surface area contributed by atoms with Gasteiger partial charge in [-0.1, -0.05) is 0 Å². The Morgan fingerprint density at radius 2 is 2.19 bits per heavy atom. The Hall–Kier alpha value is -2.13. The Balaban J connectivity index is 1.91. The molecule has 1 aliphatic rings. The zero-order valence-corrected chi connectivity index (χ0v) is 12.2. The maximum atomic E-state index is 11.0. The van der Waals surface area contributed by atoms with Crippen LogP contribution in [-0.2, 0) is 0 Å². The molecule has 0 spiro atoms. The standard InChI is InChI=1S/C15H20N4O2/c1-18-8-5-12(6-9-18)4-7-17-14-3-2-13(11-16)10-15(14)19(20)21/h2-3,10,12,17H,4-9H2,1H3. The van der Waals surface area contributed by atoms with Crippen molar-refractivity contribution in [3.8, 4) is 6.07 Å². The largest absolute Gasteiger partial charge is 0.379 e. The molecule has 6 nitrogen and oxygen atoms in total. The van der Waals surface area contributed by atoms with Crippen molar-refractivity contribution in [1.29, 1.82) is 5.26 Å². The fourth-order valence-electron chi connectivity index (χ4n) is 2.66. The van der Waals surface area contributed by atoms with Crippen LogP contribution in [0.25, 0.3) is 0 Å². The molecule has 1 aromatic carbocycles. The van der Waals surface area contributed by atoms with Crippen molar-refractivity contribution in [2.75, 3.05) is 32.0 Å². The number of benzene rings is 1. The molecule has 6 heteroatoms. The lowest BCUT2D eigenvalue weighted by molar-refractivity contribution is -0.384. The maximum Gasteiger partial charge on any atom is 0.293 e. The molecule has 21 heavy (non-hydrogen) atoms. The number of hydrogen-bond donors (Lipinski definition) is 1. The van der Waals surface area contributed by atoms with Gasteiger partial charge in [0.1, 0.15) is 5.69 Å². The lowest BCUT2D eigenvalue weighted by Crippen LogP contribution is -2.30. The van der Waals surface area contributed by atoms with E-state index in [2.05, 4.69) is 17.3 Å². The first-order chi connectivity index (χ1) is 10.1. The normalized spacial score (nSPS) is 16.4. The van der Waals surface area contributed by atoms with E-state index < -0.39 is 4.92 Å². The van der Waals surface area contributed by atoms with Crippen LogP contribution in [0, 0.1) is 27.4 Å². The molecule has 0 aromatic heterocycles. The van der Waals surface area contributed by atoms with Crippen LogP contribution in [-0.4, -0.2) is 36.5 Å². The summed E-state index contributed by atoms with van der Waals surface area (Å²) in [5.41, 5.74) is 0.770. The Morgan fingerprint density at radius 3 is 2.81 bits per heavy atom. The molecule has 1 aromatic rings. The Morgan fingerprint density at radius 1 is 1.48 bits per heavy atom. The minimum atomic E-state index is -0.446. The third-order valence-electron chi connectivity index (χ3n) is 4.03. The zero-order chi connectivity index (χ0) is 15.2. The van der Waals surface area contributed by atoms with Gasteiger partial charge >= 0.3 is 0 Å². The molecule has 1 N–H and O–H groups in total. The van der Waals surface area contributed by atoms with E-state index in [-0.39, 0.29) is 5.69 Å². The van der Waals surface area contributed by atoms with Gasteiger partial charge in [-0.25, -0.2) is 0 Å². The van der Waals surface area contributed by atoms with Gasteiger partial charge in [-0.3, -0.25) is 10.1 Å². The lowest BCUT2D eigenvalue weighted by atomic mass is 9.94. The van der Waals surface area contributed by atoms with Crippen molar-refractivity contribution in [2.45, 2.75) is 19.3 Å². The Labute approximate surface area is 124 Å². The molecular formula is C15H20N4O2. The molecular weight excluding hydrogens is 268 g/mol. The average molecular weight is 288 g/mol. The Bertz CT molecular complexity index is 545. The number of nitriles is 1. The summed E-state index contributed by atoms with van der Waals surface area (Å²) in [6, 6.07) is 6.46. The minimum Gasteiger partial charge on any atom is -0.379 e. The highest BCUT2D eigenvalue weighted by Crippen LogP contribution is 2.26. The van der Waals surface area contributed by atoms with Crippen molar-refractivity contribution >= 4 is 11.4 Å². The second-order valence-corrected chi connectivity index (χ2v) is 5.56. The summed E-state index contributed by atoms with van der Waals surface area (Å²) in [5, 5.41) is 23.0. The number of anilines is 1. The molecule has 1 fully saturated rings. The molecule has 1 saturated heterocycles. The SMILES string of the molecule is CN1CCC(CCNc2ccc(C#N)cc2[N+](=O)[O-])CC1. The smallest absolute Gasteiger partial charge is 0.293 e. The molecule has 0 bridgehead atoms. The van der Waals surface area contributed by atoms with E-state index >= 15 is 0 Å². The first-order valence-electron chi connectivity index (χ1n) is 7.21. The van der Waals surface area contributed by atoms with Gasteiger partial charge in [0.2, 0.25) is 0 Å². The van der Waals surface area contributed by atoms with Gasteiger partial charge in [-0.05, 0) is 57.5 Å².